The van der Waals surface area contributed by atoms with Gasteiger partial charge in [0.1, 0.15) is 6.04 Å². The van der Waals surface area contributed by atoms with Gasteiger partial charge in [-0.2, -0.15) is 0 Å². The number of piperidine rings is 1. The number of hydrogen-bond acceptors (Lipinski definition) is 6. The largest absolute Gasteiger partial charge is 0.381 e. The monoisotopic (exact) mass is 418 g/mol. The van der Waals surface area contributed by atoms with Gasteiger partial charge in [0.15, 0.2) is 0 Å². The van der Waals surface area contributed by atoms with Crippen LogP contribution in [0.3, 0.4) is 0 Å². The average Bonchev–Trinajstić information content (AvgIpc) is 3.24. The molecule has 158 valence electrons. The summed E-state index contributed by atoms with van der Waals surface area (Å²) in [6.45, 7) is 0.484. The van der Waals surface area contributed by atoms with E-state index in [0.717, 1.165) is 29.0 Å². The lowest BCUT2D eigenvalue weighted by Gasteiger charge is -2.27. The molecule has 0 aromatic heterocycles. The van der Waals surface area contributed by atoms with E-state index in [1.54, 1.807) is 18.2 Å². The number of fused-ring (bicyclic) bond motifs is 2. The van der Waals surface area contributed by atoms with E-state index in [1.165, 1.54) is 11.1 Å². The van der Waals surface area contributed by atoms with Gasteiger partial charge < -0.3 is 11.1 Å². The SMILES string of the molecule is N[C@H]1CCc2cc(NCc3ccc4c(c3)C(=O)N(C3CCC(=O)NC3=O)C4=O)ccc21. The van der Waals surface area contributed by atoms with E-state index in [0.29, 0.717) is 6.54 Å². The molecule has 31 heavy (non-hydrogen) atoms. The summed E-state index contributed by atoms with van der Waals surface area (Å²) < 4.78 is 0. The molecule has 2 heterocycles. The number of nitrogens with zero attached hydrogens (tertiary/aromatic N) is 1. The van der Waals surface area contributed by atoms with Crippen LogP contribution in [0, 0.1) is 0 Å². The summed E-state index contributed by atoms with van der Waals surface area (Å²) in [6.07, 6.45) is 2.18. The van der Waals surface area contributed by atoms with E-state index in [-0.39, 0.29) is 35.9 Å². The highest BCUT2D eigenvalue weighted by atomic mass is 16.2. The molecule has 5 rings (SSSR count). The van der Waals surface area contributed by atoms with Crippen molar-refractivity contribution in [3.8, 4) is 0 Å². The van der Waals surface area contributed by atoms with Crippen molar-refractivity contribution >= 4 is 29.3 Å². The molecule has 1 unspecified atom stereocenters. The Bertz CT molecular complexity index is 1140. The second-order valence-corrected chi connectivity index (χ2v) is 8.24. The van der Waals surface area contributed by atoms with E-state index in [9.17, 15) is 19.2 Å². The number of anilines is 1. The molecule has 8 nitrogen and oxygen atoms in total. The summed E-state index contributed by atoms with van der Waals surface area (Å²) in [7, 11) is 0. The number of carbonyl (C=O) groups excluding carboxylic acids is 4. The first-order valence-electron chi connectivity index (χ1n) is 10.4. The molecule has 3 aliphatic rings. The molecule has 0 spiro atoms. The molecule has 1 aliphatic carbocycles. The van der Waals surface area contributed by atoms with Crippen LogP contribution in [0.5, 0.6) is 0 Å². The molecule has 4 amide bonds. The first-order valence-corrected chi connectivity index (χ1v) is 10.4. The smallest absolute Gasteiger partial charge is 0.262 e. The van der Waals surface area contributed by atoms with Gasteiger partial charge in [0.25, 0.3) is 11.8 Å². The van der Waals surface area contributed by atoms with Gasteiger partial charge >= 0.3 is 0 Å². The van der Waals surface area contributed by atoms with Crippen molar-refractivity contribution in [1.29, 1.82) is 0 Å². The highest BCUT2D eigenvalue weighted by Gasteiger charge is 2.44. The number of benzene rings is 2. The van der Waals surface area contributed by atoms with Crippen LogP contribution in [-0.4, -0.2) is 34.6 Å². The third-order valence-corrected chi connectivity index (χ3v) is 6.27. The lowest BCUT2D eigenvalue weighted by atomic mass is 10.0. The molecule has 2 atom stereocenters. The molecular weight excluding hydrogens is 396 g/mol. The predicted octanol–water partition coefficient (Wildman–Crippen LogP) is 1.65. The zero-order valence-corrected chi connectivity index (χ0v) is 16.8. The maximum atomic E-state index is 12.9. The Balaban J connectivity index is 1.32. The Labute approximate surface area is 178 Å². The lowest BCUT2D eigenvalue weighted by Crippen LogP contribution is -2.54. The lowest BCUT2D eigenvalue weighted by molar-refractivity contribution is -0.136. The van der Waals surface area contributed by atoms with Crippen LogP contribution in [0.4, 0.5) is 5.69 Å². The highest BCUT2D eigenvalue weighted by Crippen LogP contribution is 2.32. The van der Waals surface area contributed by atoms with Crippen LogP contribution >= 0.6 is 0 Å². The summed E-state index contributed by atoms with van der Waals surface area (Å²) in [5.41, 5.74) is 10.9. The minimum absolute atomic E-state index is 0.102. The summed E-state index contributed by atoms with van der Waals surface area (Å²) >= 11 is 0. The van der Waals surface area contributed by atoms with Crippen LogP contribution < -0.4 is 16.4 Å². The van der Waals surface area contributed by atoms with Gasteiger partial charge in [0, 0.05) is 24.7 Å². The predicted molar refractivity (Wildman–Crippen MR) is 112 cm³/mol. The van der Waals surface area contributed by atoms with Crippen molar-refractivity contribution in [2.45, 2.75) is 44.3 Å². The zero-order valence-electron chi connectivity index (χ0n) is 16.8. The summed E-state index contributed by atoms with van der Waals surface area (Å²) in [5, 5.41) is 5.56. The number of hydrogen-bond donors (Lipinski definition) is 3. The number of carbonyl (C=O) groups is 4. The first kappa shape index (κ1) is 19.4. The fraction of sp³-hybridized carbons (Fsp3) is 0.304. The molecule has 0 radical (unpaired) electrons. The van der Waals surface area contributed by atoms with Crippen LogP contribution in [0.1, 0.15) is 62.7 Å². The molecule has 2 aromatic carbocycles. The number of amides is 4. The van der Waals surface area contributed by atoms with Crippen molar-refractivity contribution in [1.82, 2.24) is 10.2 Å². The minimum Gasteiger partial charge on any atom is -0.381 e. The minimum atomic E-state index is -0.954. The van der Waals surface area contributed by atoms with Gasteiger partial charge in [-0.1, -0.05) is 12.1 Å². The molecule has 4 N–H and O–H groups in total. The highest BCUT2D eigenvalue weighted by molar-refractivity contribution is 6.23. The second kappa shape index (κ2) is 7.31. The quantitative estimate of drug-likeness (QED) is 0.649. The maximum Gasteiger partial charge on any atom is 0.262 e. The van der Waals surface area contributed by atoms with E-state index in [4.69, 9.17) is 5.73 Å². The third kappa shape index (κ3) is 3.29. The van der Waals surface area contributed by atoms with Crippen LogP contribution in [0.15, 0.2) is 36.4 Å². The van der Waals surface area contributed by atoms with Gasteiger partial charge in [-0.3, -0.25) is 29.4 Å². The van der Waals surface area contributed by atoms with Gasteiger partial charge in [0.2, 0.25) is 11.8 Å². The first-order chi connectivity index (χ1) is 14.9. The third-order valence-electron chi connectivity index (χ3n) is 6.27. The number of aryl methyl sites for hydroxylation is 1. The van der Waals surface area contributed by atoms with Crippen LogP contribution in [0.2, 0.25) is 0 Å². The van der Waals surface area contributed by atoms with Crippen molar-refractivity contribution < 1.29 is 19.2 Å². The van der Waals surface area contributed by atoms with Gasteiger partial charge in [-0.25, -0.2) is 0 Å². The molecule has 0 bridgehead atoms. The average molecular weight is 418 g/mol. The molecule has 2 aromatic rings. The Morgan fingerprint density at radius 3 is 2.58 bits per heavy atom. The topological polar surface area (TPSA) is 122 Å². The van der Waals surface area contributed by atoms with Crippen molar-refractivity contribution in [3.63, 3.8) is 0 Å². The van der Waals surface area contributed by atoms with E-state index >= 15 is 0 Å². The standard InChI is InChI=1S/C23H22N4O4/c24-18-6-2-13-10-14(3-5-15(13)18)25-11-12-1-4-16-17(9-12)23(31)27(22(16)30)19-7-8-20(28)26-21(19)29/h1,3-5,9-10,18-19,25H,2,6-8,11,24H2,(H,26,28,29)/t18-,19?/m0/s1. The Morgan fingerprint density at radius 2 is 1.77 bits per heavy atom. The number of imide groups is 2. The normalized spacial score (nSPS) is 22.4. The molecule has 1 saturated heterocycles. The van der Waals surface area contributed by atoms with Crippen molar-refractivity contribution in [3.05, 3.63) is 64.2 Å². The van der Waals surface area contributed by atoms with Crippen molar-refractivity contribution in [2.24, 2.45) is 5.73 Å². The molecule has 1 fully saturated rings. The zero-order chi connectivity index (χ0) is 21.7. The summed E-state index contributed by atoms with van der Waals surface area (Å²) in [5.74, 6) is -1.99. The van der Waals surface area contributed by atoms with Gasteiger partial charge in [0.05, 0.1) is 11.1 Å². The molecule has 0 saturated carbocycles. The molecule has 2 aliphatic heterocycles. The molecular formula is C23H22N4O4. The van der Waals surface area contributed by atoms with Gasteiger partial charge in [-0.05, 0) is 60.2 Å². The maximum absolute atomic E-state index is 12.9. The Kier molecular flexibility index (Phi) is 4.59. The number of nitrogens with one attached hydrogen (secondary N) is 2. The van der Waals surface area contributed by atoms with Crippen LogP contribution in [0.25, 0.3) is 0 Å². The van der Waals surface area contributed by atoms with E-state index in [2.05, 4.69) is 22.8 Å². The van der Waals surface area contributed by atoms with Gasteiger partial charge in [-0.15, -0.1) is 0 Å². The Morgan fingerprint density at radius 1 is 0.968 bits per heavy atom. The van der Waals surface area contributed by atoms with Crippen LogP contribution in [-0.2, 0) is 22.6 Å². The van der Waals surface area contributed by atoms with E-state index < -0.39 is 23.8 Å². The number of nitrogens with two attached hydrogens (primary N) is 1. The Hall–Kier alpha value is -3.52. The fourth-order valence-corrected chi connectivity index (χ4v) is 4.59. The molecule has 8 heteroatoms. The summed E-state index contributed by atoms with van der Waals surface area (Å²) in [4.78, 5) is 50.2. The van der Waals surface area contributed by atoms with E-state index in [1.807, 2.05) is 6.07 Å². The number of rotatable bonds is 4. The fourth-order valence-electron chi connectivity index (χ4n) is 4.59. The summed E-state index contributed by atoms with van der Waals surface area (Å²) in [6, 6.07) is 10.4. The second-order valence-electron chi connectivity index (χ2n) is 8.24. The van der Waals surface area contributed by atoms with Crippen molar-refractivity contribution in [2.75, 3.05) is 5.32 Å².